The summed E-state index contributed by atoms with van der Waals surface area (Å²) in [6.07, 6.45) is 1.81. The normalized spacial score (nSPS) is 10.5. The van der Waals surface area contributed by atoms with E-state index >= 15 is 0 Å². The van der Waals surface area contributed by atoms with E-state index in [9.17, 15) is 0 Å². The highest BCUT2D eigenvalue weighted by atomic mass is 35.5. The van der Waals surface area contributed by atoms with Crippen molar-refractivity contribution in [2.24, 2.45) is 0 Å². The molecule has 100 valence electrons. The molecule has 0 fully saturated rings. The van der Waals surface area contributed by atoms with E-state index in [2.05, 4.69) is 22.2 Å². The highest BCUT2D eigenvalue weighted by Gasteiger charge is 2.04. The summed E-state index contributed by atoms with van der Waals surface area (Å²) >= 11 is 12.1. The fourth-order valence-electron chi connectivity index (χ4n) is 1.72. The van der Waals surface area contributed by atoms with Crippen LogP contribution in [0.15, 0.2) is 30.3 Å². The van der Waals surface area contributed by atoms with Gasteiger partial charge in [-0.3, -0.25) is 0 Å². The van der Waals surface area contributed by atoms with Gasteiger partial charge < -0.3 is 5.32 Å². The molecule has 1 N–H and O–H groups in total. The van der Waals surface area contributed by atoms with Crippen molar-refractivity contribution in [2.45, 2.75) is 26.3 Å². The van der Waals surface area contributed by atoms with Crippen molar-refractivity contribution in [2.75, 3.05) is 5.32 Å². The number of halogens is 2. The van der Waals surface area contributed by atoms with Crippen LogP contribution in [0.25, 0.3) is 0 Å². The second-order valence-corrected chi connectivity index (χ2v) is 4.98. The van der Waals surface area contributed by atoms with Gasteiger partial charge in [0.2, 0.25) is 0 Å². The van der Waals surface area contributed by atoms with Crippen molar-refractivity contribution in [3.05, 3.63) is 51.9 Å². The van der Waals surface area contributed by atoms with Crippen molar-refractivity contribution in [3.8, 4) is 0 Å². The molecule has 0 aliphatic rings. The van der Waals surface area contributed by atoms with Crippen molar-refractivity contribution >= 4 is 29.0 Å². The third-order valence-corrected chi connectivity index (χ3v) is 3.19. The lowest BCUT2D eigenvalue weighted by molar-refractivity contribution is 0.834. The smallest absolute Gasteiger partial charge is 0.134 e. The molecular weight excluding hydrogens is 281 g/mol. The number of hydrogen-bond acceptors (Lipinski definition) is 3. The first-order chi connectivity index (χ1) is 9.19. The van der Waals surface area contributed by atoms with Gasteiger partial charge in [-0.2, -0.15) is 0 Å². The van der Waals surface area contributed by atoms with Crippen LogP contribution in [0, 0.1) is 0 Å². The quantitative estimate of drug-likeness (QED) is 0.834. The lowest BCUT2D eigenvalue weighted by Gasteiger charge is -2.08. The number of hydrogen-bond donors (Lipinski definition) is 1. The Morgan fingerprint density at radius 3 is 2.68 bits per heavy atom. The zero-order valence-electron chi connectivity index (χ0n) is 10.7. The number of nitrogens with zero attached hydrogens (tertiary/aromatic N) is 2. The van der Waals surface area contributed by atoms with E-state index in [1.165, 1.54) is 0 Å². The summed E-state index contributed by atoms with van der Waals surface area (Å²) in [4.78, 5) is 8.60. The van der Waals surface area contributed by atoms with Crippen LogP contribution in [0.4, 0.5) is 5.82 Å². The first kappa shape index (κ1) is 14.1. The van der Waals surface area contributed by atoms with Gasteiger partial charge in [-0.15, -0.1) is 0 Å². The highest BCUT2D eigenvalue weighted by Crippen LogP contribution is 2.18. The molecular formula is C14H15Cl2N3. The molecule has 0 atom stereocenters. The molecule has 3 nitrogen and oxygen atoms in total. The zero-order valence-corrected chi connectivity index (χ0v) is 12.2. The first-order valence-electron chi connectivity index (χ1n) is 6.19. The summed E-state index contributed by atoms with van der Waals surface area (Å²) < 4.78 is 0. The minimum absolute atomic E-state index is 0.458. The standard InChI is InChI=1S/C14H15Cl2N3/c1-2-5-13-18-12(16)8-14(19-13)17-9-10-6-3-4-7-11(10)15/h3-4,6-8H,2,5,9H2,1H3,(H,17,18,19). The first-order valence-corrected chi connectivity index (χ1v) is 6.95. The Kier molecular flexibility index (Phi) is 5.00. The van der Waals surface area contributed by atoms with Gasteiger partial charge in [0.25, 0.3) is 0 Å². The Bertz CT molecular complexity index is 558. The average Bonchev–Trinajstić information content (AvgIpc) is 2.37. The Morgan fingerprint density at radius 2 is 1.95 bits per heavy atom. The summed E-state index contributed by atoms with van der Waals surface area (Å²) in [6, 6.07) is 9.43. The summed E-state index contributed by atoms with van der Waals surface area (Å²) in [5, 5.41) is 4.42. The monoisotopic (exact) mass is 295 g/mol. The molecule has 1 aromatic carbocycles. The molecule has 0 saturated heterocycles. The van der Waals surface area contributed by atoms with E-state index in [4.69, 9.17) is 23.2 Å². The average molecular weight is 296 g/mol. The van der Waals surface area contributed by atoms with E-state index in [0.29, 0.717) is 11.7 Å². The molecule has 0 radical (unpaired) electrons. The summed E-state index contributed by atoms with van der Waals surface area (Å²) in [5.41, 5.74) is 1.02. The van der Waals surface area contributed by atoms with E-state index in [1.807, 2.05) is 24.3 Å². The summed E-state index contributed by atoms with van der Waals surface area (Å²) in [5.74, 6) is 1.49. The minimum Gasteiger partial charge on any atom is -0.366 e. The molecule has 0 aliphatic carbocycles. The number of aryl methyl sites for hydroxylation is 1. The fourth-order valence-corrected chi connectivity index (χ4v) is 2.12. The van der Waals surface area contributed by atoms with Crippen LogP contribution in [-0.2, 0) is 13.0 Å². The predicted molar refractivity (Wildman–Crippen MR) is 79.8 cm³/mol. The third kappa shape index (κ3) is 4.08. The number of benzene rings is 1. The molecule has 1 aromatic heterocycles. The van der Waals surface area contributed by atoms with Gasteiger partial charge in [0.1, 0.15) is 16.8 Å². The molecule has 19 heavy (non-hydrogen) atoms. The van der Waals surface area contributed by atoms with Crippen molar-refractivity contribution < 1.29 is 0 Å². The molecule has 2 aromatic rings. The lowest BCUT2D eigenvalue weighted by Crippen LogP contribution is -2.05. The summed E-state index contributed by atoms with van der Waals surface area (Å²) in [7, 11) is 0. The SMILES string of the molecule is CCCc1nc(Cl)cc(NCc2ccccc2Cl)n1. The second kappa shape index (κ2) is 6.73. The van der Waals surface area contributed by atoms with Crippen LogP contribution in [-0.4, -0.2) is 9.97 Å². The number of nitrogens with one attached hydrogen (secondary N) is 1. The van der Waals surface area contributed by atoms with Crippen LogP contribution in [0.5, 0.6) is 0 Å². The molecule has 2 rings (SSSR count). The number of aromatic nitrogens is 2. The van der Waals surface area contributed by atoms with Crippen LogP contribution in [0.3, 0.4) is 0 Å². The lowest BCUT2D eigenvalue weighted by atomic mass is 10.2. The maximum Gasteiger partial charge on any atom is 0.134 e. The van der Waals surface area contributed by atoms with E-state index < -0.39 is 0 Å². The minimum atomic E-state index is 0.458. The molecule has 1 heterocycles. The topological polar surface area (TPSA) is 37.8 Å². The molecule has 5 heteroatoms. The van der Waals surface area contributed by atoms with Gasteiger partial charge in [-0.1, -0.05) is 48.3 Å². The molecule has 0 saturated carbocycles. The van der Waals surface area contributed by atoms with Gasteiger partial charge in [0.15, 0.2) is 0 Å². The van der Waals surface area contributed by atoms with Crippen LogP contribution < -0.4 is 5.32 Å². The maximum atomic E-state index is 6.10. The molecule has 0 amide bonds. The fraction of sp³-hybridized carbons (Fsp3) is 0.286. The second-order valence-electron chi connectivity index (χ2n) is 4.19. The Hall–Kier alpha value is -1.32. The Labute approximate surface area is 123 Å². The van der Waals surface area contributed by atoms with Gasteiger partial charge in [-0.05, 0) is 18.1 Å². The largest absolute Gasteiger partial charge is 0.366 e. The Morgan fingerprint density at radius 1 is 1.16 bits per heavy atom. The number of rotatable bonds is 5. The van der Waals surface area contributed by atoms with E-state index in [-0.39, 0.29) is 0 Å². The zero-order chi connectivity index (χ0) is 13.7. The van der Waals surface area contributed by atoms with Gasteiger partial charge in [0.05, 0.1) is 0 Å². The van der Waals surface area contributed by atoms with Crippen molar-refractivity contribution in [3.63, 3.8) is 0 Å². The van der Waals surface area contributed by atoms with E-state index in [1.54, 1.807) is 6.07 Å². The highest BCUT2D eigenvalue weighted by molar-refractivity contribution is 6.31. The maximum absolute atomic E-state index is 6.10. The molecule has 0 spiro atoms. The third-order valence-electron chi connectivity index (χ3n) is 2.63. The molecule has 0 unspecified atom stereocenters. The van der Waals surface area contributed by atoms with Gasteiger partial charge >= 0.3 is 0 Å². The van der Waals surface area contributed by atoms with E-state index in [0.717, 1.165) is 35.1 Å². The van der Waals surface area contributed by atoms with Gasteiger partial charge in [-0.25, -0.2) is 9.97 Å². The van der Waals surface area contributed by atoms with Crippen LogP contribution >= 0.6 is 23.2 Å². The summed E-state index contributed by atoms with van der Waals surface area (Å²) in [6.45, 7) is 2.69. The van der Waals surface area contributed by atoms with Crippen LogP contribution in [0.2, 0.25) is 10.2 Å². The van der Waals surface area contributed by atoms with Crippen molar-refractivity contribution in [1.82, 2.24) is 9.97 Å². The molecule has 0 bridgehead atoms. The van der Waals surface area contributed by atoms with Gasteiger partial charge in [0, 0.05) is 24.1 Å². The Balaban J connectivity index is 2.09. The number of anilines is 1. The van der Waals surface area contributed by atoms with Crippen LogP contribution in [0.1, 0.15) is 24.7 Å². The molecule has 0 aliphatic heterocycles. The van der Waals surface area contributed by atoms with Crippen molar-refractivity contribution in [1.29, 1.82) is 0 Å². The predicted octanol–water partition coefficient (Wildman–Crippen LogP) is 4.35.